The Morgan fingerprint density at radius 1 is 1.25 bits per heavy atom. The molecular formula is C15H20O4S. The second-order valence-electron chi connectivity index (χ2n) is 5.12. The molecule has 0 saturated carbocycles. The molecule has 0 amide bonds. The summed E-state index contributed by atoms with van der Waals surface area (Å²) in [6, 6.07) is 5.16. The van der Waals surface area contributed by atoms with Gasteiger partial charge >= 0.3 is 5.97 Å². The van der Waals surface area contributed by atoms with Gasteiger partial charge in [0.2, 0.25) is 0 Å². The minimum atomic E-state index is -3.59. The van der Waals surface area contributed by atoms with E-state index in [1.807, 2.05) is 13.0 Å². The van der Waals surface area contributed by atoms with Crippen LogP contribution in [0.4, 0.5) is 0 Å². The van der Waals surface area contributed by atoms with Gasteiger partial charge < -0.3 is 4.74 Å². The monoisotopic (exact) mass is 296 g/mol. The molecule has 0 spiro atoms. The number of carbonyl (C=O) groups is 1. The molecule has 1 aromatic rings. The Hall–Kier alpha value is -1.36. The van der Waals surface area contributed by atoms with Crippen molar-refractivity contribution in [1.82, 2.24) is 0 Å². The fraction of sp³-hybridized carbons (Fsp3) is 0.533. The van der Waals surface area contributed by atoms with E-state index in [4.69, 9.17) is 4.74 Å². The van der Waals surface area contributed by atoms with Crippen molar-refractivity contribution in [2.75, 3.05) is 12.4 Å². The summed E-state index contributed by atoms with van der Waals surface area (Å²) in [5.41, 5.74) is 2.31. The van der Waals surface area contributed by atoms with E-state index in [9.17, 15) is 13.2 Å². The van der Waals surface area contributed by atoms with Gasteiger partial charge in [-0.2, -0.15) is 0 Å². The molecule has 0 fully saturated rings. The lowest BCUT2D eigenvalue weighted by atomic mass is 10.1. The molecule has 0 unspecified atom stereocenters. The number of aryl methyl sites for hydroxylation is 2. The fourth-order valence-electron chi connectivity index (χ4n) is 2.35. The molecular weight excluding hydrogens is 276 g/mol. The minimum Gasteiger partial charge on any atom is -0.465 e. The summed E-state index contributed by atoms with van der Waals surface area (Å²) in [7, 11) is -3.59. The summed E-state index contributed by atoms with van der Waals surface area (Å²) in [5, 5.41) is 0. The molecule has 0 aliphatic heterocycles. The zero-order chi connectivity index (χ0) is 14.6. The first kappa shape index (κ1) is 15.0. The lowest BCUT2D eigenvalue weighted by Gasteiger charge is -2.07. The summed E-state index contributed by atoms with van der Waals surface area (Å²) in [6.45, 7) is 2.27. The van der Waals surface area contributed by atoms with E-state index in [2.05, 4.69) is 0 Å². The molecule has 5 heteroatoms. The summed E-state index contributed by atoms with van der Waals surface area (Å²) in [5.74, 6) is -1.24. The highest BCUT2D eigenvalue weighted by Gasteiger charge is 2.22. The van der Waals surface area contributed by atoms with Crippen molar-refractivity contribution < 1.29 is 17.9 Å². The van der Waals surface area contributed by atoms with Crippen molar-refractivity contribution in [3.8, 4) is 0 Å². The van der Waals surface area contributed by atoms with E-state index in [0.29, 0.717) is 0 Å². The predicted molar refractivity (Wildman–Crippen MR) is 76.4 cm³/mol. The van der Waals surface area contributed by atoms with Crippen LogP contribution >= 0.6 is 0 Å². The standard InChI is InChI=1S/C15H20O4S/c1-2-3-9-19-15(16)11-20(17,18)14-8-7-12-5-4-6-13(12)10-14/h7-8,10H,2-6,9,11H2,1H3. The number of hydrogen-bond acceptors (Lipinski definition) is 4. The van der Waals surface area contributed by atoms with Crippen molar-refractivity contribution in [2.45, 2.75) is 43.9 Å². The van der Waals surface area contributed by atoms with E-state index in [-0.39, 0.29) is 11.5 Å². The Morgan fingerprint density at radius 2 is 2.00 bits per heavy atom. The van der Waals surface area contributed by atoms with Crippen LogP contribution in [0, 0.1) is 0 Å². The minimum absolute atomic E-state index is 0.227. The van der Waals surface area contributed by atoms with Gasteiger partial charge in [-0.05, 0) is 48.9 Å². The molecule has 0 aromatic heterocycles. The molecule has 4 nitrogen and oxygen atoms in total. The number of hydrogen-bond donors (Lipinski definition) is 0. The van der Waals surface area contributed by atoms with Crippen LogP contribution in [-0.4, -0.2) is 26.7 Å². The predicted octanol–water partition coefficient (Wildman–Crippen LogP) is 2.29. The largest absolute Gasteiger partial charge is 0.465 e. The van der Waals surface area contributed by atoms with E-state index < -0.39 is 21.6 Å². The van der Waals surface area contributed by atoms with Crippen molar-refractivity contribution in [2.24, 2.45) is 0 Å². The first-order valence-electron chi connectivity index (χ1n) is 7.03. The van der Waals surface area contributed by atoms with Crippen LogP contribution in [0.5, 0.6) is 0 Å². The Kier molecular flexibility index (Phi) is 4.81. The van der Waals surface area contributed by atoms with Crippen LogP contribution < -0.4 is 0 Å². The Morgan fingerprint density at radius 3 is 2.75 bits per heavy atom. The van der Waals surface area contributed by atoms with Crippen LogP contribution in [0.15, 0.2) is 23.1 Å². The number of benzene rings is 1. The number of unbranched alkanes of at least 4 members (excludes halogenated alkanes) is 1. The molecule has 0 atom stereocenters. The quantitative estimate of drug-likeness (QED) is 0.597. The molecule has 0 saturated heterocycles. The molecule has 2 rings (SSSR count). The maximum Gasteiger partial charge on any atom is 0.321 e. The maximum absolute atomic E-state index is 12.2. The van der Waals surface area contributed by atoms with E-state index in [1.165, 1.54) is 5.56 Å². The van der Waals surface area contributed by atoms with Crippen molar-refractivity contribution in [3.05, 3.63) is 29.3 Å². The smallest absolute Gasteiger partial charge is 0.321 e. The Balaban J connectivity index is 2.05. The normalized spacial score (nSPS) is 14.1. The van der Waals surface area contributed by atoms with Crippen molar-refractivity contribution >= 4 is 15.8 Å². The molecule has 0 heterocycles. The Labute approximate surface area is 120 Å². The first-order valence-corrected chi connectivity index (χ1v) is 8.68. The van der Waals surface area contributed by atoms with Gasteiger partial charge in [0.05, 0.1) is 11.5 Å². The SMILES string of the molecule is CCCCOC(=O)CS(=O)(=O)c1ccc2c(c1)CCC2. The average molecular weight is 296 g/mol. The van der Waals surface area contributed by atoms with E-state index in [1.54, 1.807) is 12.1 Å². The lowest BCUT2D eigenvalue weighted by molar-refractivity contribution is -0.140. The fourth-order valence-corrected chi connectivity index (χ4v) is 3.51. The number of rotatable bonds is 6. The van der Waals surface area contributed by atoms with E-state index >= 15 is 0 Å². The van der Waals surface area contributed by atoms with Gasteiger partial charge in [-0.15, -0.1) is 0 Å². The summed E-state index contributed by atoms with van der Waals surface area (Å²) >= 11 is 0. The van der Waals surface area contributed by atoms with Gasteiger partial charge in [0.1, 0.15) is 0 Å². The third kappa shape index (κ3) is 3.60. The van der Waals surface area contributed by atoms with Crippen LogP contribution in [0.25, 0.3) is 0 Å². The van der Waals surface area contributed by atoms with Crippen LogP contribution in [0.3, 0.4) is 0 Å². The van der Waals surface area contributed by atoms with Gasteiger partial charge in [0.15, 0.2) is 15.6 Å². The number of ether oxygens (including phenoxy) is 1. The van der Waals surface area contributed by atoms with Crippen molar-refractivity contribution in [3.63, 3.8) is 0 Å². The second kappa shape index (κ2) is 6.39. The first-order chi connectivity index (χ1) is 9.53. The number of esters is 1. The average Bonchev–Trinajstić information content (AvgIpc) is 2.85. The highest BCUT2D eigenvalue weighted by Crippen LogP contribution is 2.25. The van der Waals surface area contributed by atoms with Gasteiger partial charge in [-0.25, -0.2) is 8.42 Å². The lowest BCUT2D eigenvalue weighted by Crippen LogP contribution is -2.19. The third-order valence-corrected chi connectivity index (χ3v) is 5.09. The van der Waals surface area contributed by atoms with Gasteiger partial charge in [0, 0.05) is 0 Å². The molecule has 0 N–H and O–H groups in total. The van der Waals surface area contributed by atoms with Crippen LogP contribution in [-0.2, 0) is 32.2 Å². The zero-order valence-electron chi connectivity index (χ0n) is 11.7. The highest BCUT2D eigenvalue weighted by molar-refractivity contribution is 7.92. The van der Waals surface area contributed by atoms with Gasteiger partial charge in [0.25, 0.3) is 0 Å². The summed E-state index contributed by atoms with van der Waals surface area (Å²) in [6.07, 6.45) is 4.65. The van der Waals surface area contributed by atoms with Gasteiger partial charge in [-0.3, -0.25) is 4.79 Å². The number of fused-ring (bicyclic) bond motifs is 1. The second-order valence-corrected chi connectivity index (χ2v) is 7.11. The molecule has 20 heavy (non-hydrogen) atoms. The molecule has 0 bridgehead atoms. The molecule has 1 aliphatic rings. The van der Waals surface area contributed by atoms with Crippen LogP contribution in [0.2, 0.25) is 0 Å². The molecule has 1 aliphatic carbocycles. The third-order valence-electron chi connectivity index (χ3n) is 3.50. The van der Waals surface area contributed by atoms with Gasteiger partial charge in [-0.1, -0.05) is 19.4 Å². The van der Waals surface area contributed by atoms with E-state index in [0.717, 1.165) is 37.7 Å². The zero-order valence-corrected chi connectivity index (χ0v) is 12.5. The number of carbonyl (C=O) groups excluding carboxylic acids is 1. The molecule has 110 valence electrons. The summed E-state index contributed by atoms with van der Waals surface area (Å²) < 4.78 is 29.3. The Bertz CT molecular complexity index is 590. The van der Waals surface area contributed by atoms with Crippen molar-refractivity contribution in [1.29, 1.82) is 0 Å². The summed E-state index contributed by atoms with van der Waals surface area (Å²) in [4.78, 5) is 11.8. The topological polar surface area (TPSA) is 60.4 Å². The maximum atomic E-state index is 12.2. The molecule has 1 aromatic carbocycles. The highest BCUT2D eigenvalue weighted by atomic mass is 32.2. The molecule has 0 radical (unpaired) electrons. The number of sulfone groups is 1. The van der Waals surface area contributed by atoms with Crippen LogP contribution in [0.1, 0.15) is 37.3 Å².